The highest BCUT2D eigenvalue weighted by Gasteiger charge is 2.05. The van der Waals surface area contributed by atoms with Gasteiger partial charge in [0.25, 0.3) is 0 Å². The molecule has 1 aromatic heterocycles. The highest BCUT2D eigenvalue weighted by molar-refractivity contribution is 5.45. The molecule has 3 nitrogen and oxygen atoms in total. The van der Waals surface area contributed by atoms with E-state index in [0.717, 1.165) is 30.9 Å². The van der Waals surface area contributed by atoms with Gasteiger partial charge >= 0.3 is 0 Å². The zero-order chi connectivity index (χ0) is 14.4. The first-order valence-corrected chi connectivity index (χ1v) is 6.48. The lowest BCUT2D eigenvalue weighted by molar-refractivity contribution is 0.575. The molecule has 1 heterocycles. The summed E-state index contributed by atoms with van der Waals surface area (Å²) < 4.78 is 26.0. The van der Waals surface area contributed by atoms with Crippen molar-refractivity contribution in [2.75, 3.05) is 30.4 Å². The standard InChI is InChI=1S/C15H17F2N3/c1-20(13-6-3-2-4-7-13)9-5-8-18-15-14(17)10-12(16)11-19-15/h2-4,6-7,10-11H,5,8-9H2,1H3,(H,18,19). The second-order valence-electron chi connectivity index (χ2n) is 4.52. The largest absolute Gasteiger partial charge is 0.375 e. The molecular formula is C15H17F2N3. The fourth-order valence-electron chi connectivity index (χ4n) is 1.88. The van der Waals surface area contributed by atoms with Crippen molar-refractivity contribution in [3.8, 4) is 0 Å². The fourth-order valence-corrected chi connectivity index (χ4v) is 1.88. The van der Waals surface area contributed by atoms with Gasteiger partial charge in [-0.2, -0.15) is 0 Å². The smallest absolute Gasteiger partial charge is 0.168 e. The number of hydrogen-bond donors (Lipinski definition) is 1. The van der Waals surface area contributed by atoms with E-state index in [9.17, 15) is 8.78 Å². The van der Waals surface area contributed by atoms with Crippen LogP contribution in [0.2, 0.25) is 0 Å². The molecule has 0 aliphatic carbocycles. The number of nitrogens with zero attached hydrogens (tertiary/aromatic N) is 2. The molecule has 0 spiro atoms. The number of anilines is 2. The second-order valence-corrected chi connectivity index (χ2v) is 4.52. The Morgan fingerprint density at radius 1 is 1.20 bits per heavy atom. The van der Waals surface area contributed by atoms with Crippen LogP contribution >= 0.6 is 0 Å². The summed E-state index contributed by atoms with van der Waals surface area (Å²) in [7, 11) is 2.01. The third-order valence-corrected chi connectivity index (χ3v) is 2.97. The predicted octanol–water partition coefficient (Wildman–Crippen LogP) is 3.30. The molecule has 2 aromatic rings. The van der Waals surface area contributed by atoms with E-state index in [0.29, 0.717) is 6.54 Å². The Kier molecular flexibility index (Phi) is 4.87. The van der Waals surface area contributed by atoms with Gasteiger partial charge in [0.2, 0.25) is 0 Å². The number of para-hydroxylation sites is 1. The summed E-state index contributed by atoms with van der Waals surface area (Å²) in [6.45, 7) is 1.41. The lowest BCUT2D eigenvalue weighted by Crippen LogP contribution is -2.21. The molecule has 0 bridgehead atoms. The van der Waals surface area contributed by atoms with Crippen molar-refractivity contribution >= 4 is 11.5 Å². The highest BCUT2D eigenvalue weighted by atomic mass is 19.1. The van der Waals surface area contributed by atoms with Crippen LogP contribution in [0.5, 0.6) is 0 Å². The van der Waals surface area contributed by atoms with Crippen LogP contribution in [0.3, 0.4) is 0 Å². The molecule has 5 heteroatoms. The number of rotatable bonds is 6. The molecule has 0 saturated carbocycles. The third kappa shape index (κ3) is 3.91. The van der Waals surface area contributed by atoms with E-state index in [1.165, 1.54) is 0 Å². The molecule has 0 amide bonds. The van der Waals surface area contributed by atoms with Gasteiger partial charge in [-0.05, 0) is 18.6 Å². The summed E-state index contributed by atoms with van der Waals surface area (Å²) in [6, 6.07) is 10.8. The van der Waals surface area contributed by atoms with E-state index >= 15 is 0 Å². The molecule has 0 aliphatic heterocycles. The summed E-state index contributed by atoms with van der Waals surface area (Å²) >= 11 is 0. The third-order valence-electron chi connectivity index (χ3n) is 2.97. The molecule has 0 atom stereocenters. The first-order valence-electron chi connectivity index (χ1n) is 6.48. The SMILES string of the molecule is CN(CCCNc1ncc(F)cc1F)c1ccccc1. The van der Waals surface area contributed by atoms with Crippen molar-refractivity contribution in [3.05, 3.63) is 54.2 Å². The number of aromatic nitrogens is 1. The van der Waals surface area contributed by atoms with Gasteiger partial charge in [0.1, 0.15) is 5.82 Å². The Balaban J connectivity index is 1.76. The molecule has 1 N–H and O–H groups in total. The molecule has 1 aromatic carbocycles. The van der Waals surface area contributed by atoms with E-state index in [1.54, 1.807) is 0 Å². The molecule has 2 rings (SSSR count). The molecule has 0 saturated heterocycles. The maximum absolute atomic E-state index is 13.3. The zero-order valence-electron chi connectivity index (χ0n) is 11.3. The number of nitrogens with one attached hydrogen (secondary N) is 1. The topological polar surface area (TPSA) is 28.2 Å². The van der Waals surface area contributed by atoms with Crippen LogP contribution in [0.15, 0.2) is 42.6 Å². The van der Waals surface area contributed by atoms with Gasteiger partial charge in [0, 0.05) is 31.9 Å². The van der Waals surface area contributed by atoms with Crippen molar-refractivity contribution in [2.45, 2.75) is 6.42 Å². The molecule has 0 radical (unpaired) electrons. The molecule has 0 unspecified atom stereocenters. The Hall–Kier alpha value is -2.17. The van der Waals surface area contributed by atoms with E-state index in [4.69, 9.17) is 0 Å². The van der Waals surface area contributed by atoms with Crippen LogP contribution in [0.25, 0.3) is 0 Å². The minimum absolute atomic E-state index is 0.0914. The van der Waals surface area contributed by atoms with Gasteiger partial charge < -0.3 is 10.2 Å². The van der Waals surface area contributed by atoms with E-state index < -0.39 is 11.6 Å². The van der Waals surface area contributed by atoms with Crippen molar-refractivity contribution in [3.63, 3.8) is 0 Å². The van der Waals surface area contributed by atoms with Crippen LogP contribution in [-0.2, 0) is 0 Å². The van der Waals surface area contributed by atoms with E-state index in [1.807, 2.05) is 37.4 Å². The van der Waals surface area contributed by atoms with Gasteiger partial charge in [-0.1, -0.05) is 18.2 Å². The average molecular weight is 277 g/mol. The molecule has 0 aliphatic rings. The van der Waals surface area contributed by atoms with Crippen LogP contribution in [0, 0.1) is 11.6 Å². The lowest BCUT2D eigenvalue weighted by atomic mass is 10.3. The first kappa shape index (κ1) is 14.2. The lowest BCUT2D eigenvalue weighted by Gasteiger charge is -2.19. The van der Waals surface area contributed by atoms with E-state index in [2.05, 4.69) is 15.2 Å². The van der Waals surface area contributed by atoms with Crippen molar-refractivity contribution in [2.24, 2.45) is 0 Å². The minimum atomic E-state index is -0.670. The van der Waals surface area contributed by atoms with Gasteiger partial charge in [0.15, 0.2) is 11.6 Å². The van der Waals surface area contributed by atoms with Crippen molar-refractivity contribution in [1.82, 2.24) is 4.98 Å². The Bertz CT molecular complexity index is 546. The summed E-state index contributed by atoms with van der Waals surface area (Å²) in [4.78, 5) is 5.80. The average Bonchev–Trinajstić information content (AvgIpc) is 2.46. The Labute approximate surface area is 117 Å². The van der Waals surface area contributed by atoms with Crippen molar-refractivity contribution in [1.29, 1.82) is 0 Å². The van der Waals surface area contributed by atoms with Gasteiger partial charge in [-0.25, -0.2) is 13.8 Å². The maximum atomic E-state index is 13.3. The second kappa shape index (κ2) is 6.84. The van der Waals surface area contributed by atoms with Crippen LogP contribution < -0.4 is 10.2 Å². The molecular weight excluding hydrogens is 260 g/mol. The normalized spacial score (nSPS) is 10.3. The molecule has 0 fully saturated rings. The quantitative estimate of drug-likeness (QED) is 0.821. The minimum Gasteiger partial charge on any atom is -0.375 e. The number of hydrogen-bond acceptors (Lipinski definition) is 3. The summed E-state index contributed by atoms with van der Waals surface area (Å²) in [5.74, 6) is -1.24. The monoisotopic (exact) mass is 277 g/mol. The van der Waals surface area contributed by atoms with Gasteiger partial charge in [-0.3, -0.25) is 0 Å². The number of benzene rings is 1. The van der Waals surface area contributed by atoms with Crippen LogP contribution in [0.1, 0.15) is 6.42 Å². The summed E-state index contributed by atoms with van der Waals surface area (Å²) in [5, 5.41) is 2.87. The highest BCUT2D eigenvalue weighted by Crippen LogP contribution is 2.12. The van der Waals surface area contributed by atoms with E-state index in [-0.39, 0.29) is 5.82 Å². The van der Waals surface area contributed by atoms with Crippen LogP contribution in [-0.4, -0.2) is 25.1 Å². The maximum Gasteiger partial charge on any atom is 0.168 e. The van der Waals surface area contributed by atoms with Crippen molar-refractivity contribution < 1.29 is 8.78 Å². The van der Waals surface area contributed by atoms with Crippen LogP contribution in [0.4, 0.5) is 20.3 Å². The van der Waals surface area contributed by atoms with Gasteiger partial charge in [0.05, 0.1) is 6.20 Å². The molecule has 106 valence electrons. The Morgan fingerprint density at radius 3 is 2.65 bits per heavy atom. The zero-order valence-corrected chi connectivity index (χ0v) is 11.3. The number of halogens is 2. The molecule has 20 heavy (non-hydrogen) atoms. The summed E-state index contributed by atoms with van der Waals surface area (Å²) in [5.41, 5.74) is 1.14. The first-order chi connectivity index (χ1) is 9.66. The fraction of sp³-hybridized carbons (Fsp3) is 0.267. The Morgan fingerprint density at radius 2 is 1.95 bits per heavy atom. The number of pyridine rings is 1. The van der Waals surface area contributed by atoms with Gasteiger partial charge in [-0.15, -0.1) is 0 Å². The summed E-state index contributed by atoms with van der Waals surface area (Å²) in [6.07, 6.45) is 1.82. The predicted molar refractivity (Wildman–Crippen MR) is 77.0 cm³/mol.